The average molecular weight is 287 g/mol. The highest BCUT2D eigenvalue weighted by Crippen LogP contribution is 2.02. The monoisotopic (exact) mass is 287 g/mol. The van der Waals surface area contributed by atoms with Crippen molar-refractivity contribution >= 4 is 23.5 Å². The van der Waals surface area contributed by atoms with Crippen LogP contribution < -0.4 is 5.43 Å². The molecule has 2 N–H and O–H groups in total. The van der Waals surface area contributed by atoms with Crippen LogP contribution in [0.4, 0.5) is 0 Å². The zero-order valence-corrected chi connectivity index (χ0v) is 12.3. The summed E-state index contributed by atoms with van der Waals surface area (Å²) < 4.78 is 0. The van der Waals surface area contributed by atoms with E-state index in [9.17, 15) is 0 Å². The molecule has 0 bridgehead atoms. The zero-order valence-electron chi connectivity index (χ0n) is 11.5. The van der Waals surface area contributed by atoms with Gasteiger partial charge in [-0.3, -0.25) is 10.5 Å². The molecule has 0 radical (unpaired) electrons. The number of thiocarbonyl (C=S) groups is 1. The van der Waals surface area contributed by atoms with Crippen molar-refractivity contribution in [2.75, 3.05) is 7.05 Å². The molecule has 20 heavy (non-hydrogen) atoms. The lowest BCUT2D eigenvalue weighted by Gasteiger charge is -2.18. The molecule has 0 aliphatic rings. The first-order valence-electron chi connectivity index (χ1n) is 6.25. The Morgan fingerprint density at radius 3 is 2.85 bits per heavy atom. The fourth-order valence-corrected chi connectivity index (χ4v) is 1.79. The fourth-order valence-electron chi connectivity index (χ4n) is 1.67. The van der Waals surface area contributed by atoms with Crippen molar-refractivity contribution in [1.29, 1.82) is 0 Å². The van der Waals surface area contributed by atoms with Gasteiger partial charge in [-0.15, -0.1) is 0 Å². The quantitative estimate of drug-likeness (QED) is 0.513. The highest BCUT2D eigenvalue weighted by Gasteiger charge is 2.03. The summed E-state index contributed by atoms with van der Waals surface area (Å²) in [7, 11) is 1.93. The van der Waals surface area contributed by atoms with Crippen molar-refractivity contribution in [2.45, 2.75) is 13.5 Å². The SMILES string of the molecule is Cc1cc(/C=N/NC(=S)N(C)Cc2ccccc2)n[nH]1. The number of H-pyrrole nitrogens is 1. The summed E-state index contributed by atoms with van der Waals surface area (Å²) >= 11 is 5.27. The van der Waals surface area contributed by atoms with Crippen molar-refractivity contribution in [2.24, 2.45) is 5.10 Å². The van der Waals surface area contributed by atoms with Crippen LogP contribution in [0.1, 0.15) is 17.0 Å². The number of hydrazone groups is 1. The predicted octanol–water partition coefficient (Wildman–Crippen LogP) is 2.06. The number of aromatic amines is 1. The first kappa shape index (κ1) is 14.2. The highest BCUT2D eigenvalue weighted by molar-refractivity contribution is 7.80. The van der Waals surface area contributed by atoms with Gasteiger partial charge in [0, 0.05) is 19.3 Å². The first-order valence-corrected chi connectivity index (χ1v) is 6.66. The summed E-state index contributed by atoms with van der Waals surface area (Å²) in [4.78, 5) is 1.93. The van der Waals surface area contributed by atoms with Gasteiger partial charge in [0.25, 0.3) is 0 Å². The summed E-state index contributed by atoms with van der Waals surface area (Å²) in [6.07, 6.45) is 1.63. The van der Waals surface area contributed by atoms with E-state index in [1.54, 1.807) is 6.21 Å². The predicted molar refractivity (Wildman–Crippen MR) is 84.6 cm³/mol. The van der Waals surface area contributed by atoms with Crippen LogP contribution in [0.15, 0.2) is 41.5 Å². The van der Waals surface area contributed by atoms with Gasteiger partial charge in [0.05, 0.1) is 6.21 Å². The smallest absolute Gasteiger partial charge is 0.189 e. The molecule has 0 spiro atoms. The summed E-state index contributed by atoms with van der Waals surface area (Å²) in [6, 6.07) is 12.1. The van der Waals surface area contributed by atoms with Gasteiger partial charge in [0.15, 0.2) is 5.11 Å². The van der Waals surface area contributed by atoms with E-state index in [0.29, 0.717) is 5.11 Å². The van der Waals surface area contributed by atoms with Crippen molar-refractivity contribution < 1.29 is 0 Å². The summed E-state index contributed by atoms with van der Waals surface area (Å²) in [5, 5.41) is 11.5. The second-order valence-electron chi connectivity index (χ2n) is 4.49. The van der Waals surface area contributed by atoms with Gasteiger partial charge in [0.2, 0.25) is 0 Å². The van der Waals surface area contributed by atoms with Gasteiger partial charge in [-0.25, -0.2) is 0 Å². The normalized spacial score (nSPS) is 10.7. The Kier molecular flexibility index (Phi) is 4.84. The number of benzene rings is 1. The van der Waals surface area contributed by atoms with Crippen LogP contribution in [0.25, 0.3) is 0 Å². The van der Waals surface area contributed by atoms with Crippen LogP contribution in [-0.4, -0.2) is 33.5 Å². The topological polar surface area (TPSA) is 56.3 Å². The Labute approximate surface area is 123 Å². The molecule has 0 fully saturated rings. The molecule has 0 aliphatic heterocycles. The van der Waals surface area contributed by atoms with Crippen molar-refractivity contribution in [3.8, 4) is 0 Å². The van der Waals surface area contributed by atoms with Crippen LogP contribution in [0.5, 0.6) is 0 Å². The lowest BCUT2D eigenvalue weighted by Crippen LogP contribution is -2.33. The fraction of sp³-hybridized carbons (Fsp3) is 0.214. The maximum atomic E-state index is 5.27. The van der Waals surface area contributed by atoms with Crippen LogP contribution >= 0.6 is 12.2 Å². The third kappa shape index (κ3) is 4.17. The van der Waals surface area contributed by atoms with Crippen molar-refractivity contribution in [3.63, 3.8) is 0 Å². The standard InChI is InChI=1S/C14H17N5S/c1-11-8-13(17-16-11)9-15-18-14(20)19(2)10-12-6-4-3-5-7-12/h3-9H,10H2,1-2H3,(H,16,17)(H,18,20)/b15-9+. The van der Waals surface area contributed by atoms with E-state index in [2.05, 4.69) is 32.9 Å². The van der Waals surface area contributed by atoms with E-state index < -0.39 is 0 Å². The van der Waals surface area contributed by atoms with Crippen LogP contribution in [0, 0.1) is 6.92 Å². The van der Waals surface area contributed by atoms with Gasteiger partial charge in [-0.1, -0.05) is 30.3 Å². The van der Waals surface area contributed by atoms with Crippen LogP contribution in [0.2, 0.25) is 0 Å². The maximum absolute atomic E-state index is 5.27. The van der Waals surface area contributed by atoms with Gasteiger partial charge in [0.1, 0.15) is 5.69 Å². The second-order valence-corrected chi connectivity index (χ2v) is 4.88. The first-order chi connectivity index (χ1) is 9.65. The molecule has 1 aromatic heterocycles. The number of hydrogen-bond donors (Lipinski definition) is 2. The molecule has 0 saturated carbocycles. The van der Waals surface area contributed by atoms with Crippen molar-refractivity contribution in [3.05, 3.63) is 53.3 Å². The Bertz CT molecular complexity index is 591. The van der Waals surface area contributed by atoms with Gasteiger partial charge >= 0.3 is 0 Å². The molecule has 1 aromatic carbocycles. The summed E-state index contributed by atoms with van der Waals surface area (Å²) in [6.45, 7) is 2.68. The Morgan fingerprint density at radius 1 is 1.45 bits per heavy atom. The van der Waals surface area contributed by atoms with Crippen LogP contribution in [-0.2, 0) is 6.54 Å². The molecule has 104 valence electrons. The van der Waals surface area contributed by atoms with E-state index >= 15 is 0 Å². The van der Waals surface area contributed by atoms with E-state index in [4.69, 9.17) is 12.2 Å². The average Bonchev–Trinajstić information content (AvgIpc) is 2.85. The molecule has 0 unspecified atom stereocenters. The van der Waals surface area contributed by atoms with Gasteiger partial charge < -0.3 is 4.90 Å². The molecule has 2 rings (SSSR count). The second kappa shape index (κ2) is 6.81. The number of aryl methyl sites for hydroxylation is 1. The summed E-state index contributed by atoms with van der Waals surface area (Å²) in [5.74, 6) is 0. The molecule has 0 atom stereocenters. The van der Waals surface area contributed by atoms with E-state index in [1.165, 1.54) is 5.56 Å². The third-order valence-electron chi connectivity index (χ3n) is 2.69. The third-order valence-corrected chi connectivity index (χ3v) is 3.09. The van der Waals surface area contributed by atoms with Crippen molar-refractivity contribution in [1.82, 2.24) is 20.5 Å². The molecule has 1 heterocycles. The van der Waals surface area contributed by atoms with E-state index in [-0.39, 0.29) is 0 Å². The largest absolute Gasteiger partial charge is 0.347 e. The number of rotatable bonds is 4. The van der Waals surface area contributed by atoms with Gasteiger partial charge in [-0.05, 0) is 30.8 Å². The van der Waals surface area contributed by atoms with E-state index in [0.717, 1.165) is 17.9 Å². The Balaban J connectivity index is 1.84. The number of nitrogens with zero attached hydrogens (tertiary/aromatic N) is 3. The number of aromatic nitrogens is 2. The Morgan fingerprint density at radius 2 is 2.20 bits per heavy atom. The van der Waals surface area contributed by atoms with E-state index in [1.807, 2.05) is 43.1 Å². The molecule has 0 amide bonds. The number of hydrogen-bond acceptors (Lipinski definition) is 3. The molecule has 0 saturated heterocycles. The minimum Gasteiger partial charge on any atom is -0.347 e. The molecule has 6 heteroatoms. The zero-order chi connectivity index (χ0) is 14.4. The molecule has 2 aromatic rings. The number of nitrogens with one attached hydrogen (secondary N) is 2. The molecule has 0 aliphatic carbocycles. The Hall–Kier alpha value is -2.21. The molecular weight excluding hydrogens is 270 g/mol. The van der Waals surface area contributed by atoms with Crippen LogP contribution in [0.3, 0.4) is 0 Å². The minimum absolute atomic E-state index is 0.567. The molecular formula is C14H17N5S. The highest BCUT2D eigenvalue weighted by atomic mass is 32.1. The van der Waals surface area contributed by atoms with Gasteiger partial charge in [-0.2, -0.15) is 10.2 Å². The minimum atomic E-state index is 0.567. The molecule has 5 nitrogen and oxygen atoms in total. The maximum Gasteiger partial charge on any atom is 0.189 e. The lowest BCUT2D eigenvalue weighted by atomic mass is 10.2. The summed E-state index contributed by atoms with van der Waals surface area (Å²) in [5.41, 5.74) is 5.80. The lowest BCUT2D eigenvalue weighted by molar-refractivity contribution is 0.491.